The minimum Gasteiger partial charge on any atom is -0.388 e. The molecule has 0 fully saturated rings. The van der Waals surface area contributed by atoms with Gasteiger partial charge < -0.3 is 10.0 Å². The molecule has 0 atom stereocenters. The Morgan fingerprint density at radius 2 is 1.73 bits per heavy atom. The van der Waals surface area contributed by atoms with Crippen molar-refractivity contribution in [1.82, 2.24) is 19.7 Å². The fourth-order valence-corrected chi connectivity index (χ4v) is 3.05. The van der Waals surface area contributed by atoms with Crippen LogP contribution in [0.1, 0.15) is 33.1 Å². The number of carbonyl (C=O) groups excluding carboxylic acids is 1. The van der Waals surface area contributed by atoms with Crippen LogP contribution < -0.4 is 0 Å². The van der Waals surface area contributed by atoms with E-state index in [0.29, 0.717) is 18.8 Å². The van der Waals surface area contributed by atoms with Gasteiger partial charge in [0.05, 0.1) is 11.3 Å². The predicted molar refractivity (Wildman–Crippen MR) is 104 cm³/mol. The van der Waals surface area contributed by atoms with Gasteiger partial charge in [0.2, 0.25) is 0 Å². The highest BCUT2D eigenvalue weighted by atomic mass is 19.4. The quantitative estimate of drug-likeness (QED) is 0.597. The highest BCUT2D eigenvalue weighted by Gasteiger charge is 2.32. The maximum absolute atomic E-state index is 13.4. The first-order valence-electron chi connectivity index (χ1n) is 9.22. The molecule has 3 aromatic rings. The molecule has 2 aromatic carbocycles. The van der Waals surface area contributed by atoms with E-state index in [1.165, 1.54) is 10.6 Å². The summed E-state index contributed by atoms with van der Waals surface area (Å²) in [6.45, 7) is 0.126. The van der Waals surface area contributed by atoms with Crippen molar-refractivity contribution in [2.24, 2.45) is 0 Å². The van der Waals surface area contributed by atoms with Crippen LogP contribution in [0.5, 0.6) is 0 Å². The van der Waals surface area contributed by atoms with Gasteiger partial charge in [0.25, 0.3) is 0 Å². The first kappa shape index (κ1) is 21.7. The number of benzene rings is 2. The number of aliphatic hydroxyl groups excluding tert-OH is 1. The van der Waals surface area contributed by atoms with Gasteiger partial charge in [0.1, 0.15) is 12.4 Å². The molecule has 0 amide bonds. The number of likely N-dealkylation sites (N-methyl/N-ethyl adjacent to an activating group) is 1. The van der Waals surface area contributed by atoms with Gasteiger partial charge in [-0.1, -0.05) is 30.3 Å². The van der Waals surface area contributed by atoms with Gasteiger partial charge in [-0.05, 0) is 32.3 Å². The number of aliphatic hydroxyl groups is 1. The second kappa shape index (κ2) is 8.76. The summed E-state index contributed by atoms with van der Waals surface area (Å²) in [6.07, 6.45) is -4.18. The zero-order valence-corrected chi connectivity index (χ0v) is 16.5. The second-order valence-electron chi connectivity index (χ2n) is 7.00. The second-order valence-corrected chi connectivity index (χ2v) is 7.00. The minimum atomic E-state index is -4.61. The summed E-state index contributed by atoms with van der Waals surface area (Å²) < 4.78 is 41.5. The molecule has 0 aliphatic heterocycles. The van der Waals surface area contributed by atoms with Crippen LogP contribution in [0.3, 0.4) is 0 Å². The van der Waals surface area contributed by atoms with Gasteiger partial charge in [0, 0.05) is 24.1 Å². The zero-order valence-electron chi connectivity index (χ0n) is 16.5. The van der Waals surface area contributed by atoms with Crippen LogP contribution in [0.2, 0.25) is 0 Å². The normalized spacial score (nSPS) is 11.8. The number of rotatable bonds is 7. The van der Waals surface area contributed by atoms with Crippen LogP contribution in [0.15, 0.2) is 48.5 Å². The lowest BCUT2D eigenvalue weighted by Gasteiger charge is -2.17. The summed E-state index contributed by atoms with van der Waals surface area (Å²) in [5.41, 5.74) is -0.623. The number of ketones is 1. The van der Waals surface area contributed by atoms with Gasteiger partial charge in [-0.2, -0.15) is 13.2 Å². The largest absolute Gasteiger partial charge is 0.416 e. The number of hydrogen-bond donors (Lipinski definition) is 1. The summed E-state index contributed by atoms with van der Waals surface area (Å²) >= 11 is 0. The molecule has 1 N–H and O–H groups in total. The fraction of sp³-hybridized carbons (Fsp3) is 0.286. The highest BCUT2D eigenvalue weighted by molar-refractivity contribution is 6.11. The van der Waals surface area contributed by atoms with Crippen LogP contribution in [0.25, 0.3) is 5.69 Å². The van der Waals surface area contributed by atoms with Crippen molar-refractivity contribution < 1.29 is 23.1 Å². The molecule has 1 aromatic heterocycles. The van der Waals surface area contributed by atoms with Gasteiger partial charge in [-0.15, -0.1) is 10.2 Å². The molecular formula is C21H21F3N4O2. The van der Waals surface area contributed by atoms with E-state index < -0.39 is 24.1 Å². The van der Waals surface area contributed by atoms with Crippen LogP contribution in [-0.2, 0) is 19.2 Å². The van der Waals surface area contributed by atoms with E-state index >= 15 is 0 Å². The lowest BCUT2D eigenvalue weighted by molar-refractivity contribution is -0.137. The Morgan fingerprint density at radius 3 is 2.33 bits per heavy atom. The monoisotopic (exact) mass is 418 g/mol. The summed E-state index contributed by atoms with van der Waals surface area (Å²) in [5, 5.41) is 17.7. The molecule has 0 radical (unpaired) electrons. The molecule has 158 valence electrons. The van der Waals surface area contributed by atoms with E-state index in [2.05, 4.69) is 10.2 Å². The topological polar surface area (TPSA) is 71.2 Å². The maximum Gasteiger partial charge on any atom is 0.416 e. The van der Waals surface area contributed by atoms with Crippen molar-refractivity contribution in [1.29, 1.82) is 0 Å². The number of aromatic nitrogens is 3. The van der Waals surface area contributed by atoms with E-state index in [9.17, 15) is 23.1 Å². The van der Waals surface area contributed by atoms with E-state index in [4.69, 9.17) is 0 Å². The van der Waals surface area contributed by atoms with Gasteiger partial charge in [0.15, 0.2) is 11.6 Å². The first-order chi connectivity index (χ1) is 14.2. The summed E-state index contributed by atoms with van der Waals surface area (Å²) in [5.74, 6) is 0.0214. The van der Waals surface area contributed by atoms with Crippen molar-refractivity contribution in [3.8, 4) is 5.69 Å². The van der Waals surface area contributed by atoms with Crippen LogP contribution in [0.4, 0.5) is 13.2 Å². The number of nitrogens with zero attached hydrogens (tertiary/aromatic N) is 4. The third-order valence-corrected chi connectivity index (χ3v) is 4.57. The molecule has 0 saturated heterocycles. The molecule has 0 spiro atoms. The lowest BCUT2D eigenvalue weighted by atomic mass is 9.98. The Balaban J connectivity index is 2.20. The standard InChI is InChI=1S/C21H21F3N4O2/c1-27(2)11-10-18-25-26-19(13-29)28(18)17-9-8-15(21(22,23)24)12-16(17)20(30)14-6-4-3-5-7-14/h3-9,12,29H,10-11,13H2,1-2H3. The smallest absolute Gasteiger partial charge is 0.388 e. The number of carbonyl (C=O) groups is 1. The van der Waals surface area contributed by atoms with E-state index in [0.717, 1.165) is 12.1 Å². The van der Waals surface area contributed by atoms with Crippen molar-refractivity contribution >= 4 is 5.78 Å². The molecule has 6 nitrogen and oxygen atoms in total. The molecular weight excluding hydrogens is 397 g/mol. The van der Waals surface area contributed by atoms with Crippen molar-refractivity contribution in [3.05, 3.63) is 76.9 Å². The molecule has 0 saturated carbocycles. The molecule has 0 unspecified atom stereocenters. The molecule has 1 heterocycles. The van der Waals surface area contributed by atoms with Crippen LogP contribution >= 0.6 is 0 Å². The fourth-order valence-electron chi connectivity index (χ4n) is 3.05. The van der Waals surface area contributed by atoms with Crippen LogP contribution in [0, 0.1) is 0 Å². The molecule has 0 aliphatic carbocycles. The molecule has 0 bridgehead atoms. The third-order valence-electron chi connectivity index (χ3n) is 4.57. The molecule has 30 heavy (non-hydrogen) atoms. The molecule has 9 heteroatoms. The first-order valence-corrected chi connectivity index (χ1v) is 9.22. The molecule has 0 aliphatic rings. The Bertz CT molecular complexity index is 1030. The minimum absolute atomic E-state index is 0.142. The average Bonchev–Trinajstić information content (AvgIpc) is 3.14. The average molecular weight is 418 g/mol. The van der Waals surface area contributed by atoms with Crippen LogP contribution in [-0.4, -0.2) is 51.2 Å². The number of halogens is 3. The van der Waals surface area contributed by atoms with Crippen molar-refractivity contribution in [2.45, 2.75) is 19.2 Å². The van der Waals surface area contributed by atoms with Crippen molar-refractivity contribution in [2.75, 3.05) is 20.6 Å². The Labute approximate surface area is 171 Å². The Morgan fingerprint density at radius 1 is 1.07 bits per heavy atom. The van der Waals surface area contributed by atoms with E-state index in [1.54, 1.807) is 30.3 Å². The third kappa shape index (κ3) is 4.58. The van der Waals surface area contributed by atoms with Gasteiger partial charge in [-0.25, -0.2) is 0 Å². The summed E-state index contributed by atoms with van der Waals surface area (Å²) in [4.78, 5) is 15.0. The van der Waals surface area contributed by atoms with Crippen molar-refractivity contribution in [3.63, 3.8) is 0 Å². The van der Waals surface area contributed by atoms with Gasteiger partial charge >= 0.3 is 6.18 Å². The van der Waals surface area contributed by atoms with E-state index in [-0.39, 0.29) is 22.6 Å². The molecule has 3 rings (SSSR count). The summed E-state index contributed by atoms with van der Waals surface area (Å²) in [6, 6.07) is 11.0. The maximum atomic E-state index is 13.4. The number of alkyl halides is 3. The predicted octanol–water partition coefficient (Wildman–Crippen LogP) is 3.11. The highest BCUT2D eigenvalue weighted by Crippen LogP contribution is 2.33. The van der Waals surface area contributed by atoms with E-state index in [1.807, 2.05) is 19.0 Å². The Kier molecular flexibility index (Phi) is 6.33. The SMILES string of the molecule is CN(C)CCc1nnc(CO)n1-c1ccc(C(F)(F)F)cc1C(=O)c1ccccc1. The number of hydrogen-bond acceptors (Lipinski definition) is 5. The zero-order chi connectivity index (χ0) is 21.9. The lowest BCUT2D eigenvalue weighted by Crippen LogP contribution is -2.19. The Hall–Kier alpha value is -3.04. The summed E-state index contributed by atoms with van der Waals surface area (Å²) in [7, 11) is 3.74. The van der Waals surface area contributed by atoms with Gasteiger partial charge in [-0.3, -0.25) is 9.36 Å².